The normalized spacial score (nSPS) is 13.3. The Bertz CT molecular complexity index is 1070. The van der Waals surface area contributed by atoms with Crippen LogP contribution in [0, 0.1) is 0 Å². The minimum atomic E-state index is 0.938. The van der Waals surface area contributed by atoms with E-state index in [-0.39, 0.29) is 0 Å². The third kappa shape index (κ3) is 3.06. The molecule has 0 N–H and O–H groups in total. The number of aliphatic imine (C=N–C) groups is 1. The number of hydrogen-bond donors (Lipinski definition) is 0. The first kappa shape index (κ1) is 16.0. The van der Waals surface area contributed by atoms with Crippen LogP contribution in [0.15, 0.2) is 84.0 Å². The molecule has 2 aromatic heterocycles. The maximum atomic E-state index is 5.02. The van der Waals surface area contributed by atoms with Gasteiger partial charge >= 0.3 is 0 Å². The summed E-state index contributed by atoms with van der Waals surface area (Å²) in [7, 11) is 0. The molecule has 3 heteroatoms. The third-order valence-electron chi connectivity index (χ3n) is 5.20. The number of benzene rings is 2. The molecule has 0 unspecified atom stereocenters. The minimum Gasteiger partial charge on any atom is -0.304 e. The number of aromatic nitrogens is 2. The first-order valence-corrected chi connectivity index (χ1v) is 9.58. The van der Waals surface area contributed by atoms with Crippen molar-refractivity contribution in [2.24, 2.45) is 4.99 Å². The number of rotatable bonds is 3. The Morgan fingerprint density at radius 2 is 1.48 bits per heavy atom. The van der Waals surface area contributed by atoms with Gasteiger partial charge in [0, 0.05) is 29.1 Å². The predicted molar refractivity (Wildman–Crippen MR) is 110 cm³/mol. The van der Waals surface area contributed by atoms with Crippen molar-refractivity contribution in [3.63, 3.8) is 0 Å². The average Bonchev–Trinajstić information content (AvgIpc) is 3.11. The van der Waals surface area contributed by atoms with Gasteiger partial charge in [0.05, 0.1) is 17.1 Å². The van der Waals surface area contributed by atoms with E-state index < -0.39 is 0 Å². The molecule has 0 bridgehead atoms. The summed E-state index contributed by atoms with van der Waals surface area (Å²) < 4.78 is 2.23. The molecule has 0 saturated carbocycles. The van der Waals surface area contributed by atoms with Crippen LogP contribution in [0.5, 0.6) is 0 Å². The van der Waals surface area contributed by atoms with E-state index in [1.54, 1.807) is 0 Å². The van der Waals surface area contributed by atoms with Crippen LogP contribution in [0.2, 0.25) is 0 Å². The fraction of sp³-hybridized carbons (Fsp3) is 0.167. The molecule has 2 aromatic carbocycles. The van der Waals surface area contributed by atoms with E-state index in [0.717, 1.165) is 41.0 Å². The average molecular weight is 351 g/mol. The van der Waals surface area contributed by atoms with E-state index in [0.29, 0.717) is 0 Å². The van der Waals surface area contributed by atoms with E-state index in [1.165, 1.54) is 24.2 Å². The molecule has 4 aromatic rings. The minimum absolute atomic E-state index is 0.938. The lowest BCUT2D eigenvalue weighted by Crippen LogP contribution is -2.03. The summed E-state index contributed by atoms with van der Waals surface area (Å²) >= 11 is 0. The SMILES string of the molecule is c1ccc(C(=Nc2ccn3c4c(nc3c2)CCCC4)c2ccccc2)cc1. The molecule has 3 nitrogen and oxygen atoms in total. The molecule has 0 saturated heterocycles. The van der Waals surface area contributed by atoms with Crippen molar-refractivity contribution in [1.82, 2.24) is 9.38 Å². The van der Waals surface area contributed by atoms with Crippen LogP contribution < -0.4 is 0 Å². The van der Waals surface area contributed by atoms with Crippen LogP contribution in [0.1, 0.15) is 35.4 Å². The van der Waals surface area contributed by atoms with Crippen LogP contribution in [-0.2, 0) is 12.8 Å². The van der Waals surface area contributed by atoms with Gasteiger partial charge in [0.1, 0.15) is 5.65 Å². The summed E-state index contributed by atoms with van der Waals surface area (Å²) in [4.78, 5) is 9.88. The summed E-state index contributed by atoms with van der Waals surface area (Å²) in [6.07, 6.45) is 6.84. The van der Waals surface area contributed by atoms with Crippen LogP contribution in [0.3, 0.4) is 0 Å². The van der Waals surface area contributed by atoms with Crippen molar-refractivity contribution in [1.29, 1.82) is 0 Å². The quantitative estimate of drug-likeness (QED) is 0.456. The Kier molecular flexibility index (Phi) is 4.06. The van der Waals surface area contributed by atoms with Gasteiger partial charge in [-0.2, -0.15) is 0 Å². The molecular formula is C24H21N3. The zero-order chi connectivity index (χ0) is 18.1. The first-order valence-electron chi connectivity index (χ1n) is 9.58. The molecule has 0 radical (unpaired) electrons. The second-order valence-corrected chi connectivity index (χ2v) is 7.02. The Hall–Kier alpha value is -3.20. The molecule has 132 valence electrons. The van der Waals surface area contributed by atoms with Crippen molar-refractivity contribution in [2.75, 3.05) is 0 Å². The predicted octanol–water partition coefficient (Wildman–Crippen LogP) is 5.38. The van der Waals surface area contributed by atoms with E-state index in [4.69, 9.17) is 9.98 Å². The highest BCUT2D eigenvalue weighted by Crippen LogP contribution is 2.25. The number of pyridine rings is 1. The Morgan fingerprint density at radius 3 is 2.19 bits per heavy atom. The van der Waals surface area contributed by atoms with Crippen molar-refractivity contribution < 1.29 is 0 Å². The van der Waals surface area contributed by atoms with Gasteiger partial charge in [-0.1, -0.05) is 60.7 Å². The van der Waals surface area contributed by atoms with Gasteiger partial charge in [0.2, 0.25) is 0 Å². The van der Waals surface area contributed by atoms with E-state index in [9.17, 15) is 0 Å². The second-order valence-electron chi connectivity index (χ2n) is 7.02. The third-order valence-corrected chi connectivity index (χ3v) is 5.20. The monoisotopic (exact) mass is 351 g/mol. The Labute approximate surface area is 159 Å². The zero-order valence-electron chi connectivity index (χ0n) is 15.2. The zero-order valence-corrected chi connectivity index (χ0v) is 15.2. The lowest BCUT2D eigenvalue weighted by molar-refractivity contribution is 0.660. The maximum absolute atomic E-state index is 5.02. The Balaban J connectivity index is 1.63. The standard InChI is InChI=1S/C24H21N3/c1-3-9-18(10-4-1)24(19-11-5-2-6-12-19)25-20-15-16-27-22-14-8-7-13-21(22)26-23(27)17-20/h1-6,9-12,15-17H,7-8,13-14H2. The van der Waals surface area contributed by atoms with E-state index in [2.05, 4.69) is 71.3 Å². The molecule has 5 rings (SSSR count). The largest absolute Gasteiger partial charge is 0.304 e. The van der Waals surface area contributed by atoms with Crippen molar-refractivity contribution >= 4 is 17.0 Å². The Morgan fingerprint density at radius 1 is 0.815 bits per heavy atom. The smallest absolute Gasteiger partial charge is 0.139 e. The van der Waals surface area contributed by atoms with Gasteiger partial charge in [-0.3, -0.25) is 0 Å². The van der Waals surface area contributed by atoms with Crippen molar-refractivity contribution in [3.05, 3.63) is 102 Å². The van der Waals surface area contributed by atoms with E-state index in [1.807, 2.05) is 12.1 Å². The fourth-order valence-corrected chi connectivity index (χ4v) is 3.87. The van der Waals surface area contributed by atoms with Gasteiger partial charge in [-0.05, 0) is 31.7 Å². The molecule has 0 amide bonds. The molecule has 0 atom stereocenters. The van der Waals surface area contributed by atoms with E-state index >= 15 is 0 Å². The van der Waals surface area contributed by atoms with Crippen LogP contribution >= 0.6 is 0 Å². The number of imidazole rings is 1. The molecule has 0 aliphatic heterocycles. The summed E-state index contributed by atoms with van der Waals surface area (Å²) in [5.74, 6) is 0. The summed E-state index contributed by atoms with van der Waals surface area (Å²) in [6.45, 7) is 0. The highest BCUT2D eigenvalue weighted by atomic mass is 15.0. The molecule has 27 heavy (non-hydrogen) atoms. The van der Waals surface area contributed by atoms with Gasteiger partial charge in [0.15, 0.2) is 0 Å². The molecular weight excluding hydrogens is 330 g/mol. The molecule has 0 spiro atoms. The first-order chi connectivity index (χ1) is 13.4. The highest BCUT2D eigenvalue weighted by molar-refractivity contribution is 6.13. The summed E-state index contributed by atoms with van der Waals surface area (Å²) in [5, 5.41) is 0. The van der Waals surface area contributed by atoms with Gasteiger partial charge in [0.25, 0.3) is 0 Å². The van der Waals surface area contributed by atoms with Gasteiger partial charge < -0.3 is 4.40 Å². The van der Waals surface area contributed by atoms with Crippen LogP contribution in [0.25, 0.3) is 5.65 Å². The van der Waals surface area contributed by atoms with Gasteiger partial charge in [-0.25, -0.2) is 9.98 Å². The number of fused-ring (bicyclic) bond motifs is 3. The summed E-state index contributed by atoms with van der Waals surface area (Å²) in [6, 6.07) is 24.9. The fourth-order valence-electron chi connectivity index (χ4n) is 3.87. The van der Waals surface area contributed by atoms with Crippen LogP contribution in [0.4, 0.5) is 5.69 Å². The lowest BCUT2D eigenvalue weighted by atomic mass is 10.0. The van der Waals surface area contributed by atoms with Crippen molar-refractivity contribution in [2.45, 2.75) is 25.7 Å². The molecule has 2 heterocycles. The van der Waals surface area contributed by atoms with Crippen LogP contribution in [-0.4, -0.2) is 15.1 Å². The number of nitrogens with zero attached hydrogens (tertiary/aromatic N) is 3. The maximum Gasteiger partial charge on any atom is 0.139 e. The highest BCUT2D eigenvalue weighted by Gasteiger charge is 2.16. The second kappa shape index (κ2) is 6.84. The topological polar surface area (TPSA) is 29.7 Å². The molecule has 1 aliphatic rings. The van der Waals surface area contributed by atoms with Crippen molar-refractivity contribution in [3.8, 4) is 0 Å². The number of aryl methyl sites for hydroxylation is 2. The lowest BCUT2D eigenvalue weighted by Gasteiger charge is -2.10. The molecule has 1 aliphatic carbocycles. The number of hydrogen-bond acceptors (Lipinski definition) is 2. The molecule has 0 fully saturated rings. The van der Waals surface area contributed by atoms with Gasteiger partial charge in [-0.15, -0.1) is 0 Å². The summed E-state index contributed by atoms with van der Waals surface area (Å²) in [5.41, 5.74) is 7.79.